The van der Waals surface area contributed by atoms with E-state index in [0.29, 0.717) is 13.1 Å². The number of benzene rings is 2. The van der Waals surface area contributed by atoms with Crippen LogP contribution >= 0.6 is 15.9 Å². The average molecular weight is 390 g/mol. The number of carbonyl (C=O) groups excluding carboxylic acids is 1. The van der Waals surface area contributed by atoms with Gasteiger partial charge in [-0.2, -0.15) is 0 Å². The van der Waals surface area contributed by atoms with Crippen LogP contribution < -0.4 is 0 Å². The molecule has 2 aromatic rings. The van der Waals surface area contributed by atoms with Crippen LogP contribution in [0.3, 0.4) is 0 Å². The van der Waals surface area contributed by atoms with Crippen molar-refractivity contribution in [2.45, 2.75) is 39.3 Å². The van der Waals surface area contributed by atoms with Gasteiger partial charge in [0.2, 0.25) is 0 Å². The van der Waals surface area contributed by atoms with Gasteiger partial charge in [0, 0.05) is 17.6 Å². The van der Waals surface area contributed by atoms with Crippen LogP contribution in [0.2, 0.25) is 0 Å². The lowest BCUT2D eigenvalue weighted by Gasteiger charge is -2.27. The first-order valence-electron chi connectivity index (χ1n) is 8.10. The predicted octanol–water partition coefficient (Wildman–Crippen LogP) is 5.43. The molecule has 0 radical (unpaired) electrons. The summed E-state index contributed by atoms with van der Waals surface area (Å²) < 4.78 is 6.61. The van der Waals surface area contributed by atoms with Gasteiger partial charge in [-0.15, -0.1) is 0 Å². The summed E-state index contributed by atoms with van der Waals surface area (Å²) in [6.45, 7) is 6.83. The quantitative estimate of drug-likeness (QED) is 0.682. The molecule has 24 heavy (non-hydrogen) atoms. The van der Waals surface area contributed by atoms with Gasteiger partial charge in [0.25, 0.3) is 0 Å². The maximum Gasteiger partial charge on any atom is 0.410 e. The molecular formula is C20H24BrNO2. The maximum absolute atomic E-state index is 12.5. The Morgan fingerprint density at radius 3 is 2.21 bits per heavy atom. The molecule has 0 aliphatic rings. The van der Waals surface area contributed by atoms with Crippen LogP contribution in [-0.4, -0.2) is 23.1 Å². The number of hydrogen-bond acceptors (Lipinski definition) is 2. The minimum Gasteiger partial charge on any atom is -0.444 e. The van der Waals surface area contributed by atoms with E-state index in [4.69, 9.17) is 4.74 Å². The van der Waals surface area contributed by atoms with Crippen molar-refractivity contribution < 1.29 is 9.53 Å². The zero-order chi connectivity index (χ0) is 17.6. The van der Waals surface area contributed by atoms with E-state index in [1.54, 1.807) is 4.90 Å². The van der Waals surface area contributed by atoms with Crippen molar-refractivity contribution >= 4 is 22.0 Å². The molecule has 0 saturated heterocycles. The molecule has 0 heterocycles. The Bertz CT molecular complexity index is 648. The summed E-state index contributed by atoms with van der Waals surface area (Å²) >= 11 is 3.44. The molecular weight excluding hydrogens is 366 g/mol. The fourth-order valence-electron chi connectivity index (χ4n) is 2.28. The van der Waals surface area contributed by atoms with Crippen molar-refractivity contribution in [3.8, 4) is 0 Å². The SMILES string of the molecule is CC(C)(C)OC(=O)N(CCc1ccc(Br)cc1)Cc1ccccc1. The Morgan fingerprint density at radius 2 is 1.62 bits per heavy atom. The lowest BCUT2D eigenvalue weighted by molar-refractivity contribution is 0.0236. The van der Waals surface area contributed by atoms with Crippen LogP contribution in [0.15, 0.2) is 59.1 Å². The lowest BCUT2D eigenvalue weighted by Crippen LogP contribution is -2.37. The molecule has 0 N–H and O–H groups in total. The van der Waals surface area contributed by atoms with Crippen LogP contribution in [0, 0.1) is 0 Å². The number of ether oxygens (including phenoxy) is 1. The molecule has 128 valence electrons. The Balaban J connectivity index is 2.06. The number of halogens is 1. The van der Waals surface area contributed by atoms with Crippen molar-refractivity contribution in [2.75, 3.05) is 6.54 Å². The third-order valence-electron chi connectivity index (χ3n) is 3.45. The first-order chi connectivity index (χ1) is 11.3. The minimum absolute atomic E-state index is 0.275. The Hall–Kier alpha value is -1.81. The molecule has 0 bridgehead atoms. The van der Waals surface area contributed by atoms with E-state index in [0.717, 1.165) is 16.5 Å². The second-order valence-electron chi connectivity index (χ2n) is 6.76. The number of amides is 1. The fourth-order valence-corrected chi connectivity index (χ4v) is 2.54. The summed E-state index contributed by atoms with van der Waals surface area (Å²) in [5.74, 6) is 0. The topological polar surface area (TPSA) is 29.5 Å². The number of hydrogen-bond donors (Lipinski definition) is 0. The zero-order valence-electron chi connectivity index (χ0n) is 14.5. The Morgan fingerprint density at radius 1 is 1.00 bits per heavy atom. The molecule has 0 aliphatic heterocycles. The molecule has 0 fully saturated rings. The van der Waals surface area contributed by atoms with E-state index in [9.17, 15) is 4.79 Å². The molecule has 0 aliphatic carbocycles. The van der Waals surface area contributed by atoms with Crippen molar-refractivity contribution in [1.29, 1.82) is 0 Å². The highest BCUT2D eigenvalue weighted by Crippen LogP contribution is 2.15. The normalized spacial score (nSPS) is 11.2. The van der Waals surface area contributed by atoms with E-state index in [1.165, 1.54) is 5.56 Å². The van der Waals surface area contributed by atoms with Gasteiger partial charge in [-0.1, -0.05) is 58.4 Å². The summed E-state index contributed by atoms with van der Waals surface area (Å²) in [7, 11) is 0. The zero-order valence-corrected chi connectivity index (χ0v) is 16.0. The van der Waals surface area contributed by atoms with Crippen molar-refractivity contribution in [2.24, 2.45) is 0 Å². The molecule has 0 atom stereocenters. The minimum atomic E-state index is -0.496. The Kier molecular flexibility index (Phi) is 6.44. The van der Waals surface area contributed by atoms with E-state index in [2.05, 4.69) is 28.1 Å². The molecule has 2 rings (SSSR count). The van der Waals surface area contributed by atoms with Crippen molar-refractivity contribution in [3.05, 3.63) is 70.2 Å². The molecule has 0 unspecified atom stereocenters. The standard InChI is InChI=1S/C20H24BrNO2/c1-20(2,3)24-19(23)22(15-17-7-5-4-6-8-17)14-13-16-9-11-18(21)12-10-16/h4-12H,13-15H2,1-3H3. The molecule has 2 aromatic carbocycles. The highest BCUT2D eigenvalue weighted by molar-refractivity contribution is 9.10. The van der Waals surface area contributed by atoms with Gasteiger partial charge < -0.3 is 9.64 Å². The second-order valence-corrected chi connectivity index (χ2v) is 7.68. The van der Waals surface area contributed by atoms with Gasteiger partial charge in [0.15, 0.2) is 0 Å². The van der Waals surface area contributed by atoms with Crippen molar-refractivity contribution in [1.82, 2.24) is 4.90 Å². The highest BCUT2D eigenvalue weighted by Gasteiger charge is 2.22. The monoisotopic (exact) mass is 389 g/mol. The third kappa shape index (κ3) is 6.36. The summed E-state index contributed by atoms with van der Waals surface area (Å²) in [4.78, 5) is 14.3. The van der Waals surface area contributed by atoms with Gasteiger partial charge in [-0.05, 0) is 50.5 Å². The average Bonchev–Trinajstić information content (AvgIpc) is 2.52. The van der Waals surface area contributed by atoms with Crippen LogP contribution in [0.25, 0.3) is 0 Å². The maximum atomic E-state index is 12.5. The van der Waals surface area contributed by atoms with E-state index in [-0.39, 0.29) is 6.09 Å². The predicted molar refractivity (Wildman–Crippen MR) is 101 cm³/mol. The molecule has 0 spiro atoms. The van der Waals surface area contributed by atoms with Crippen LogP contribution in [-0.2, 0) is 17.7 Å². The molecule has 3 nitrogen and oxygen atoms in total. The van der Waals surface area contributed by atoms with Crippen LogP contribution in [0.4, 0.5) is 4.79 Å². The van der Waals surface area contributed by atoms with Gasteiger partial charge in [-0.25, -0.2) is 4.79 Å². The van der Waals surface area contributed by atoms with E-state index < -0.39 is 5.60 Å². The van der Waals surface area contributed by atoms with Crippen LogP contribution in [0.1, 0.15) is 31.9 Å². The number of nitrogens with zero attached hydrogens (tertiary/aromatic N) is 1. The van der Waals surface area contributed by atoms with Gasteiger partial charge in [-0.3, -0.25) is 0 Å². The van der Waals surface area contributed by atoms with E-state index in [1.807, 2.05) is 63.2 Å². The van der Waals surface area contributed by atoms with Crippen molar-refractivity contribution in [3.63, 3.8) is 0 Å². The summed E-state index contributed by atoms with van der Waals surface area (Å²) in [5.41, 5.74) is 1.79. The third-order valence-corrected chi connectivity index (χ3v) is 3.98. The molecule has 1 amide bonds. The first-order valence-corrected chi connectivity index (χ1v) is 8.89. The summed E-state index contributed by atoms with van der Waals surface area (Å²) in [6.07, 6.45) is 0.516. The van der Waals surface area contributed by atoms with Gasteiger partial charge in [0.1, 0.15) is 5.60 Å². The summed E-state index contributed by atoms with van der Waals surface area (Å²) in [6, 6.07) is 18.2. The first kappa shape index (κ1) is 18.5. The van der Waals surface area contributed by atoms with E-state index >= 15 is 0 Å². The number of rotatable bonds is 5. The Labute approximate surface area is 152 Å². The lowest BCUT2D eigenvalue weighted by atomic mass is 10.1. The highest BCUT2D eigenvalue weighted by atomic mass is 79.9. The molecule has 0 saturated carbocycles. The largest absolute Gasteiger partial charge is 0.444 e. The molecule has 0 aromatic heterocycles. The van der Waals surface area contributed by atoms with Crippen LogP contribution in [0.5, 0.6) is 0 Å². The number of carbonyl (C=O) groups is 1. The van der Waals surface area contributed by atoms with Gasteiger partial charge in [0.05, 0.1) is 0 Å². The second kappa shape index (κ2) is 8.34. The molecule has 4 heteroatoms. The fraction of sp³-hybridized carbons (Fsp3) is 0.350. The smallest absolute Gasteiger partial charge is 0.410 e. The van der Waals surface area contributed by atoms with Gasteiger partial charge >= 0.3 is 6.09 Å². The summed E-state index contributed by atoms with van der Waals surface area (Å²) in [5, 5.41) is 0.